The van der Waals surface area contributed by atoms with Crippen LogP contribution in [0.1, 0.15) is 68.7 Å². The van der Waals surface area contributed by atoms with Crippen molar-refractivity contribution < 1.29 is 18.0 Å². The van der Waals surface area contributed by atoms with E-state index in [0.717, 1.165) is 23.3 Å². The number of carbonyl (C=O) groups is 2. The number of ketones is 1. The van der Waals surface area contributed by atoms with Crippen LogP contribution in [-0.4, -0.2) is 48.2 Å². The second-order valence-corrected chi connectivity index (χ2v) is 15.3. The maximum Gasteiger partial charge on any atom is 0.238 e. The zero-order valence-electron chi connectivity index (χ0n) is 23.4. The zero-order valence-corrected chi connectivity index (χ0v) is 25.0. The van der Waals surface area contributed by atoms with Gasteiger partial charge < -0.3 is 4.90 Å². The number of benzene rings is 1. The van der Waals surface area contributed by atoms with Gasteiger partial charge in [0.1, 0.15) is 5.78 Å². The summed E-state index contributed by atoms with van der Waals surface area (Å²) < 4.78 is 29.5. The fourth-order valence-corrected chi connectivity index (χ4v) is 9.49. The fourth-order valence-electron chi connectivity index (χ4n) is 6.31. The summed E-state index contributed by atoms with van der Waals surface area (Å²) in [5, 5.41) is 0. The molecule has 1 amide bonds. The Morgan fingerprint density at radius 2 is 1.84 bits per heavy atom. The molecule has 2 aliphatic carbocycles. The minimum absolute atomic E-state index is 0.0795. The van der Waals surface area contributed by atoms with Gasteiger partial charge in [-0.1, -0.05) is 64.4 Å². The molecule has 1 aromatic heterocycles. The molecule has 2 bridgehead atoms. The first-order chi connectivity index (χ1) is 17.9. The van der Waals surface area contributed by atoms with Gasteiger partial charge in [0, 0.05) is 34.7 Å². The number of amides is 1. The summed E-state index contributed by atoms with van der Waals surface area (Å²) in [7, 11) is -3.86. The van der Waals surface area contributed by atoms with E-state index in [2.05, 4.69) is 13.8 Å². The Bertz CT molecular complexity index is 1250. The van der Waals surface area contributed by atoms with Gasteiger partial charge in [0.05, 0.1) is 18.8 Å². The molecule has 2 aliphatic rings. The van der Waals surface area contributed by atoms with Crippen molar-refractivity contribution in [3.63, 3.8) is 0 Å². The highest BCUT2D eigenvalue weighted by atomic mass is 32.2. The molecule has 0 radical (unpaired) electrons. The van der Waals surface area contributed by atoms with E-state index in [0.29, 0.717) is 25.9 Å². The largest absolute Gasteiger partial charge is 0.332 e. The van der Waals surface area contributed by atoms with Crippen molar-refractivity contribution in [2.45, 2.75) is 73.4 Å². The third-order valence-electron chi connectivity index (χ3n) is 9.20. The average molecular weight is 559 g/mol. The van der Waals surface area contributed by atoms with E-state index < -0.39 is 15.4 Å². The van der Waals surface area contributed by atoms with Crippen LogP contribution in [0.25, 0.3) is 0 Å². The monoisotopic (exact) mass is 558 g/mol. The quantitative estimate of drug-likeness (QED) is 0.337. The summed E-state index contributed by atoms with van der Waals surface area (Å²) in [6, 6.07) is 13.9. The van der Waals surface area contributed by atoms with Crippen molar-refractivity contribution in [1.82, 2.24) is 9.21 Å². The van der Waals surface area contributed by atoms with Gasteiger partial charge in [0.15, 0.2) is 0 Å². The summed E-state index contributed by atoms with van der Waals surface area (Å²) in [5.74, 6) is 0.00246. The van der Waals surface area contributed by atoms with Gasteiger partial charge in [0.25, 0.3) is 0 Å². The molecular weight excluding hydrogens is 516 g/mol. The van der Waals surface area contributed by atoms with Gasteiger partial charge in [-0.2, -0.15) is 4.31 Å². The van der Waals surface area contributed by atoms with Crippen LogP contribution in [0.2, 0.25) is 0 Å². The molecule has 0 saturated heterocycles. The highest BCUT2D eigenvalue weighted by Crippen LogP contribution is 2.64. The van der Waals surface area contributed by atoms with Crippen molar-refractivity contribution in [1.29, 1.82) is 0 Å². The molecule has 3 unspecified atom stereocenters. The third-order valence-corrected chi connectivity index (χ3v) is 12.1. The van der Waals surface area contributed by atoms with Crippen LogP contribution in [0.5, 0.6) is 0 Å². The lowest BCUT2D eigenvalue weighted by molar-refractivity contribution is -0.132. The van der Waals surface area contributed by atoms with Crippen LogP contribution in [0.15, 0.2) is 42.5 Å². The van der Waals surface area contributed by atoms with Gasteiger partial charge in [0.2, 0.25) is 15.9 Å². The molecule has 38 heavy (non-hydrogen) atoms. The van der Waals surface area contributed by atoms with E-state index in [4.69, 9.17) is 0 Å². The van der Waals surface area contributed by atoms with Crippen molar-refractivity contribution in [3.05, 3.63) is 57.8 Å². The first kappa shape index (κ1) is 29.0. The molecule has 1 aromatic carbocycles. The lowest BCUT2D eigenvalue weighted by atomic mass is 9.70. The van der Waals surface area contributed by atoms with Crippen molar-refractivity contribution in [2.75, 3.05) is 18.8 Å². The van der Waals surface area contributed by atoms with Crippen LogP contribution in [0.3, 0.4) is 0 Å². The van der Waals surface area contributed by atoms with Gasteiger partial charge >= 0.3 is 0 Å². The Morgan fingerprint density at radius 3 is 2.39 bits per heavy atom. The van der Waals surface area contributed by atoms with Crippen LogP contribution in [0, 0.1) is 29.6 Å². The zero-order chi connectivity index (χ0) is 27.7. The molecule has 4 rings (SSSR count). The number of sulfonamides is 1. The number of hydrogen-bond donors (Lipinski definition) is 0. The molecule has 2 aromatic rings. The fraction of sp³-hybridized carbons (Fsp3) is 0.600. The predicted octanol–water partition coefficient (Wildman–Crippen LogP) is 5.66. The van der Waals surface area contributed by atoms with Crippen LogP contribution < -0.4 is 0 Å². The second-order valence-electron chi connectivity index (χ2n) is 12.0. The van der Waals surface area contributed by atoms with E-state index in [1.807, 2.05) is 63.2 Å². The lowest BCUT2D eigenvalue weighted by Gasteiger charge is -2.38. The SMILES string of the molecule is CCC(C)CN(CC(=O)N(Cc1ccccc1)Cc1ccc(C)s1)S(=O)(=O)CC12CCC(CC1=O)C2(C)C. The minimum Gasteiger partial charge on any atom is -0.332 e. The molecule has 208 valence electrons. The van der Waals surface area contributed by atoms with Crippen molar-refractivity contribution >= 4 is 33.1 Å². The number of thiophene rings is 1. The number of nitrogens with zero attached hydrogens (tertiary/aromatic N) is 2. The summed E-state index contributed by atoms with van der Waals surface area (Å²) in [6.07, 6.45) is 2.79. The molecule has 0 aliphatic heterocycles. The Kier molecular flexibility index (Phi) is 8.55. The van der Waals surface area contributed by atoms with Gasteiger partial charge in [-0.15, -0.1) is 11.3 Å². The maximum atomic E-state index is 14.0. The molecule has 3 atom stereocenters. The normalized spacial score (nSPS) is 23.2. The van der Waals surface area contributed by atoms with Gasteiger partial charge in [-0.05, 0) is 54.7 Å². The summed E-state index contributed by atoms with van der Waals surface area (Å²) >= 11 is 1.65. The number of Topliss-reactive ketones (excluding diaryl/α,β-unsaturated/α-hetero) is 1. The first-order valence-electron chi connectivity index (χ1n) is 13.8. The molecule has 0 spiro atoms. The molecular formula is C30H42N2O4S2. The van der Waals surface area contributed by atoms with E-state index in [-0.39, 0.29) is 47.8 Å². The average Bonchev–Trinajstić information content (AvgIpc) is 3.44. The number of fused-ring (bicyclic) bond motifs is 2. The van der Waals surface area contributed by atoms with Crippen LogP contribution in [-0.2, 0) is 32.7 Å². The number of carbonyl (C=O) groups excluding carboxylic acids is 2. The van der Waals surface area contributed by atoms with Gasteiger partial charge in [-0.25, -0.2) is 8.42 Å². The lowest BCUT2D eigenvalue weighted by Crippen LogP contribution is -2.50. The molecule has 2 saturated carbocycles. The first-order valence-corrected chi connectivity index (χ1v) is 16.2. The summed E-state index contributed by atoms with van der Waals surface area (Å²) in [4.78, 5) is 31.0. The smallest absolute Gasteiger partial charge is 0.238 e. The summed E-state index contributed by atoms with van der Waals surface area (Å²) in [6.45, 7) is 11.1. The van der Waals surface area contributed by atoms with E-state index in [1.54, 1.807) is 16.2 Å². The summed E-state index contributed by atoms with van der Waals surface area (Å²) in [5.41, 5.74) is -0.204. The van der Waals surface area contributed by atoms with Crippen LogP contribution >= 0.6 is 11.3 Å². The maximum absolute atomic E-state index is 14.0. The molecule has 8 heteroatoms. The third kappa shape index (κ3) is 5.77. The molecule has 2 fully saturated rings. The molecule has 1 heterocycles. The van der Waals surface area contributed by atoms with E-state index in [1.165, 1.54) is 9.18 Å². The molecule has 0 N–H and O–H groups in total. The topological polar surface area (TPSA) is 74.8 Å². The number of aryl methyl sites for hydroxylation is 1. The van der Waals surface area contributed by atoms with E-state index in [9.17, 15) is 18.0 Å². The predicted molar refractivity (Wildman–Crippen MR) is 153 cm³/mol. The number of hydrogen-bond acceptors (Lipinski definition) is 5. The van der Waals surface area contributed by atoms with Crippen molar-refractivity contribution in [3.8, 4) is 0 Å². The number of rotatable bonds is 12. The highest BCUT2D eigenvalue weighted by Gasteiger charge is 2.65. The van der Waals surface area contributed by atoms with Crippen molar-refractivity contribution in [2.24, 2.45) is 22.7 Å². The van der Waals surface area contributed by atoms with Crippen LogP contribution in [0.4, 0.5) is 0 Å². The highest BCUT2D eigenvalue weighted by molar-refractivity contribution is 7.89. The van der Waals surface area contributed by atoms with Gasteiger partial charge in [-0.3, -0.25) is 9.59 Å². The second kappa shape index (κ2) is 11.2. The van der Waals surface area contributed by atoms with E-state index >= 15 is 0 Å². The Morgan fingerprint density at radius 1 is 1.13 bits per heavy atom. The minimum atomic E-state index is -3.86. The Labute approximate surface area is 232 Å². The Hall–Kier alpha value is -2.03. The standard InChI is InChI=1S/C30H42N2O4S2/c1-6-22(2)17-32(38(35,36)21-30-15-14-25(16-27(30)33)29(30,4)5)20-28(34)31(18-24-10-8-7-9-11-24)19-26-13-12-23(3)37-26/h7-13,22,25H,6,14-21H2,1-5H3. The Balaban J connectivity index is 1.60. The molecule has 6 nitrogen and oxygen atoms in total.